The molecule has 3 aromatic heterocycles. The van der Waals surface area contributed by atoms with Gasteiger partial charge in [0.1, 0.15) is 11.4 Å². The van der Waals surface area contributed by atoms with Gasteiger partial charge in [-0.25, -0.2) is 18.7 Å². The second kappa shape index (κ2) is 11.1. The highest BCUT2D eigenvalue weighted by atomic mass is 32.2. The number of para-hydroxylation sites is 1. The lowest BCUT2D eigenvalue weighted by molar-refractivity contribution is 0.127. The largest absolute Gasteiger partial charge is 0.497 e. The number of hydrogen-bond donors (Lipinski definition) is 2. The molecule has 0 saturated heterocycles. The van der Waals surface area contributed by atoms with Gasteiger partial charge in [-0.05, 0) is 47.3 Å². The maximum absolute atomic E-state index is 14.2. The minimum atomic E-state index is -4.25. The molecule has 1 amide bonds. The third-order valence-corrected chi connectivity index (χ3v) is 8.52. The number of thiophene rings is 1. The Morgan fingerprint density at radius 3 is 2.54 bits per heavy atom. The molecule has 0 saturated carbocycles. The van der Waals surface area contributed by atoms with E-state index in [9.17, 15) is 13.2 Å². The number of rotatable bonds is 8. The van der Waals surface area contributed by atoms with Gasteiger partial charge in [0.2, 0.25) is 0 Å². The zero-order valence-electron chi connectivity index (χ0n) is 20.5. The third kappa shape index (κ3) is 5.25. The molecule has 39 heavy (non-hydrogen) atoms. The average molecular weight is 563 g/mol. The molecule has 5 aromatic rings. The molecule has 2 aromatic carbocycles. The van der Waals surface area contributed by atoms with Gasteiger partial charge in [0, 0.05) is 28.2 Å². The van der Waals surface area contributed by atoms with Crippen LogP contribution in [0.3, 0.4) is 0 Å². The normalized spacial score (nSPS) is 11.2. The first-order chi connectivity index (χ1) is 18.9. The molecule has 12 heteroatoms. The molecule has 0 aliphatic heterocycles. The van der Waals surface area contributed by atoms with Gasteiger partial charge in [-0.2, -0.15) is 0 Å². The zero-order chi connectivity index (χ0) is 27.4. The number of aromatic nitrogens is 2. The fraction of sp³-hybridized carbons (Fsp3) is 0.0741. The van der Waals surface area contributed by atoms with E-state index in [4.69, 9.17) is 14.7 Å². The van der Waals surface area contributed by atoms with E-state index < -0.39 is 16.1 Å². The number of carbonyl (C=O) groups excluding carboxylic acids is 1. The summed E-state index contributed by atoms with van der Waals surface area (Å²) in [5.74, 6) is 0.324. The number of nitrogens with one attached hydrogen (secondary N) is 1. The van der Waals surface area contributed by atoms with Crippen molar-refractivity contribution < 1.29 is 27.9 Å². The Labute approximate surface area is 228 Å². The van der Waals surface area contributed by atoms with E-state index in [2.05, 4.69) is 9.97 Å². The van der Waals surface area contributed by atoms with Crippen LogP contribution in [0.1, 0.15) is 5.56 Å². The van der Waals surface area contributed by atoms with Crippen LogP contribution in [0.25, 0.3) is 21.3 Å². The maximum atomic E-state index is 14.2. The first-order valence-corrected chi connectivity index (χ1v) is 13.9. The SMILES string of the molecule is COc1ccc(S(=O)(=O)N(Cc2cccnc2)c2c(OC(=O)NO)cnc3c(-c4cccs4)cccc23)cc1. The number of nitrogens with zero attached hydrogens (tertiary/aromatic N) is 3. The quantitative estimate of drug-likeness (QED) is 0.194. The molecule has 0 spiro atoms. The topological polar surface area (TPSA) is 131 Å². The number of amides is 1. The maximum Gasteiger partial charge on any atom is 0.436 e. The molecular formula is C27H22N4O6S2. The molecule has 0 aliphatic carbocycles. The van der Waals surface area contributed by atoms with E-state index in [1.165, 1.54) is 42.3 Å². The lowest BCUT2D eigenvalue weighted by atomic mass is 10.1. The smallest absolute Gasteiger partial charge is 0.436 e. The van der Waals surface area contributed by atoms with Crippen LogP contribution in [0.5, 0.6) is 11.5 Å². The summed E-state index contributed by atoms with van der Waals surface area (Å²) in [7, 11) is -2.76. The van der Waals surface area contributed by atoms with Crippen LogP contribution in [-0.2, 0) is 16.6 Å². The Kier molecular flexibility index (Phi) is 7.41. The van der Waals surface area contributed by atoms with Gasteiger partial charge in [-0.15, -0.1) is 11.3 Å². The third-order valence-electron chi connectivity index (χ3n) is 5.86. The Bertz CT molecular complexity index is 1710. The number of benzene rings is 2. The van der Waals surface area contributed by atoms with Crippen LogP contribution in [0.2, 0.25) is 0 Å². The van der Waals surface area contributed by atoms with Crippen LogP contribution < -0.4 is 19.3 Å². The number of carbonyl (C=O) groups is 1. The van der Waals surface area contributed by atoms with Crippen molar-refractivity contribution in [2.24, 2.45) is 0 Å². The Morgan fingerprint density at radius 2 is 1.87 bits per heavy atom. The summed E-state index contributed by atoms with van der Waals surface area (Å²) in [5, 5.41) is 11.5. The number of anilines is 1. The molecule has 10 nitrogen and oxygen atoms in total. The molecule has 3 heterocycles. The van der Waals surface area contributed by atoms with Gasteiger partial charge >= 0.3 is 6.09 Å². The highest BCUT2D eigenvalue weighted by Gasteiger charge is 2.31. The van der Waals surface area contributed by atoms with Gasteiger partial charge in [0.15, 0.2) is 5.75 Å². The summed E-state index contributed by atoms with van der Waals surface area (Å²) in [6.07, 6.45) is 3.21. The Hall–Kier alpha value is -4.52. The predicted molar refractivity (Wildman–Crippen MR) is 147 cm³/mol. The van der Waals surface area contributed by atoms with Crippen molar-refractivity contribution in [1.82, 2.24) is 15.4 Å². The van der Waals surface area contributed by atoms with Gasteiger partial charge in [-0.3, -0.25) is 19.5 Å². The molecule has 0 aliphatic rings. The number of pyridine rings is 2. The predicted octanol–water partition coefficient (Wildman–Crippen LogP) is 5.24. The summed E-state index contributed by atoms with van der Waals surface area (Å²) >= 11 is 1.51. The summed E-state index contributed by atoms with van der Waals surface area (Å²) in [6, 6.07) is 18.6. The van der Waals surface area contributed by atoms with Crippen molar-refractivity contribution in [3.8, 4) is 21.9 Å². The van der Waals surface area contributed by atoms with Crippen molar-refractivity contribution in [2.45, 2.75) is 11.4 Å². The Morgan fingerprint density at radius 1 is 1.05 bits per heavy atom. The highest BCUT2D eigenvalue weighted by molar-refractivity contribution is 7.92. The molecule has 0 unspecified atom stereocenters. The van der Waals surface area contributed by atoms with Crippen LogP contribution in [0.15, 0.2) is 95.6 Å². The standard InChI is InChI=1S/C27H22N4O6S2/c1-36-19-9-11-20(12-10-19)39(34,35)31(17-18-5-3-13-28-15-18)26-22-7-2-6-21(24-8-4-14-38-24)25(22)29-16-23(26)37-27(32)30-33/h2-16,33H,17H2,1H3,(H,30,32). The molecule has 0 radical (unpaired) electrons. The molecule has 2 N–H and O–H groups in total. The van der Waals surface area contributed by atoms with E-state index >= 15 is 0 Å². The summed E-state index contributed by atoms with van der Waals surface area (Å²) in [4.78, 5) is 21.7. The number of hydrogen-bond acceptors (Lipinski definition) is 9. The van der Waals surface area contributed by atoms with Crippen LogP contribution in [0.4, 0.5) is 10.5 Å². The molecule has 0 fully saturated rings. The monoisotopic (exact) mass is 562 g/mol. The fourth-order valence-corrected chi connectivity index (χ4v) is 6.33. The number of fused-ring (bicyclic) bond motifs is 1. The first-order valence-electron chi connectivity index (χ1n) is 11.6. The van der Waals surface area contributed by atoms with E-state index in [0.29, 0.717) is 22.2 Å². The lowest BCUT2D eigenvalue weighted by Gasteiger charge is -2.27. The van der Waals surface area contributed by atoms with E-state index in [0.717, 1.165) is 14.7 Å². The molecule has 5 rings (SSSR count). The van der Waals surface area contributed by atoms with Gasteiger partial charge in [-0.1, -0.05) is 30.3 Å². The average Bonchev–Trinajstić information content (AvgIpc) is 3.51. The summed E-state index contributed by atoms with van der Waals surface area (Å²) < 4.78 is 40.1. The minimum absolute atomic E-state index is 0.0101. The lowest BCUT2D eigenvalue weighted by Crippen LogP contribution is -2.32. The van der Waals surface area contributed by atoms with Crippen molar-refractivity contribution in [1.29, 1.82) is 0 Å². The number of hydroxylamine groups is 1. The van der Waals surface area contributed by atoms with Crippen LogP contribution in [0, 0.1) is 0 Å². The fourth-order valence-electron chi connectivity index (χ4n) is 4.09. The van der Waals surface area contributed by atoms with Crippen molar-refractivity contribution in [3.05, 3.63) is 96.3 Å². The van der Waals surface area contributed by atoms with Gasteiger partial charge < -0.3 is 9.47 Å². The summed E-state index contributed by atoms with van der Waals surface area (Å²) in [6.45, 7) is -0.137. The molecule has 0 atom stereocenters. The second-order valence-corrected chi connectivity index (χ2v) is 11.0. The summed E-state index contributed by atoms with van der Waals surface area (Å²) in [5.41, 5.74) is 3.37. The van der Waals surface area contributed by atoms with Crippen molar-refractivity contribution >= 4 is 44.0 Å². The van der Waals surface area contributed by atoms with E-state index in [-0.39, 0.29) is 22.9 Å². The first kappa shape index (κ1) is 26.1. The van der Waals surface area contributed by atoms with Crippen molar-refractivity contribution in [3.63, 3.8) is 0 Å². The van der Waals surface area contributed by atoms with Crippen LogP contribution >= 0.6 is 11.3 Å². The molecular weight excluding hydrogens is 540 g/mol. The van der Waals surface area contributed by atoms with Gasteiger partial charge in [0.05, 0.1) is 30.3 Å². The molecule has 0 bridgehead atoms. The second-order valence-electron chi connectivity index (χ2n) is 8.20. The van der Waals surface area contributed by atoms with Gasteiger partial charge in [0.25, 0.3) is 10.0 Å². The molecule has 198 valence electrons. The number of sulfonamides is 1. The zero-order valence-corrected chi connectivity index (χ0v) is 22.1. The number of ether oxygens (including phenoxy) is 2. The highest BCUT2D eigenvalue weighted by Crippen LogP contribution is 2.42. The van der Waals surface area contributed by atoms with E-state index in [1.54, 1.807) is 48.8 Å². The Balaban J connectivity index is 1.79. The minimum Gasteiger partial charge on any atom is -0.497 e. The van der Waals surface area contributed by atoms with E-state index in [1.807, 2.05) is 23.6 Å². The van der Waals surface area contributed by atoms with Crippen molar-refractivity contribution in [2.75, 3.05) is 11.4 Å². The van der Waals surface area contributed by atoms with Crippen LogP contribution in [-0.4, -0.2) is 36.8 Å². The number of methoxy groups -OCH3 is 1.